The summed E-state index contributed by atoms with van der Waals surface area (Å²) in [5.41, 5.74) is 0. The van der Waals surface area contributed by atoms with Gasteiger partial charge in [-0.3, -0.25) is 4.79 Å². The molecule has 0 aromatic rings. The first-order valence-electron chi connectivity index (χ1n) is 8.50. The van der Waals surface area contributed by atoms with Crippen molar-refractivity contribution in [1.82, 2.24) is 15.1 Å². The van der Waals surface area contributed by atoms with E-state index in [9.17, 15) is 9.59 Å². The zero-order valence-corrected chi connectivity index (χ0v) is 14.8. The minimum Gasteiger partial charge on any atom is -0.342 e. The Morgan fingerprint density at radius 2 is 2.09 bits per heavy atom. The van der Waals surface area contributed by atoms with Crippen molar-refractivity contribution >= 4 is 11.9 Å². The number of hydrogen-bond acceptors (Lipinski definition) is 3. The number of carbonyl (C=O) groups excluding carboxylic acids is 2. The number of nitriles is 1. The van der Waals surface area contributed by atoms with Crippen molar-refractivity contribution in [2.45, 2.75) is 52.5 Å². The number of likely N-dealkylation sites (tertiary alicyclic amines) is 1. The number of nitrogens with zero attached hydrogens (tertiary/aromatic N) is 3. The Bertz CT molecular complexity index is 444. The van der Waals surface area contributed by atoms with E-state index in [4.69, 9.17) is 5.26 Å². The van der Waals surface area contributed by atoms with E-state index in [-0.39, 0.29) is 23.9 Å². The molecule has 0 aromatic carbocycles. The van der Waals surface area contributed by atoms with Crippen molar-refractivity contribution in [1.29, 1.82) is 5.26 Å². The third-order valence-electron chi connectivity index (χ3n) is 4.37. The standard InChI is InChI=1S/C17H30N4O2/c1-13(2)11-19-17(23)21-9-5-6-15(12-21)10-16(22)20(4)14(3)7-8-18/h13-15H,5-7,9-12H2,1-4H3,(H,19,23)/t14-,15+/m0/s1. The molecule has 0 aromatic heterocycles. The first-order valence-corrected chi connectivity index (χ1v) is 8.50. The zero-order valence-electron chi connectivity index (χ0n) is 14.8. The van der Waals surface area contributed by atoms with Gasteiger partial charge < -0.3 is 15.1 Å². The van der Waals surface area contributed by atoms with Crippen molar-refractivity contribution in [2.24, 2.45) is 11.8 Å². The molecule has 1 saturated heterocycles. The maximum Gasteiger partial charge on any atom is 0.317 e. The molecule has 23 heavy (non-hydrogen) atoms. The maximum absolute atomic E-state index is 12.3. The van der Waals surface area contributed by atoms with E-state index in [1.165, 1.54) is 0 Å². The molecule has 1 aliphatic heterocycles. The Hall–Kier alpha value is -1.77. The fourth-order valence-electron chi connectivity index (χ4n) is 2.73. The Morgan fingerprint density at radius 3 is 2.70 bits per heavy atom. The molecule has 3 amide bonds. The average Bonchev–Trinajstić information content (AvgIpc) is 2.52. The highest BCUT2D eigenvalue weighted by Gasteiger charge is 2.27. The average molecular weight is 322 g/mol. The van der Waals surface area contributed by atoms with E-state index in [0.717, 1.165) is 19.4 Å². The molecule has 6 heteroatoms. The molecule has 0 spiro atoms. The fraction of sp³-hybridized carbons (Fsp3) is 0.824. The van der Waals surface area contributed by atoms with Crippen molar-refractivity contribution in [2.75, 3.05) is 26.7 Å². The van der Waals surface area contributed by atoms with Crippen molar-refractivity contribution in [3.05, 3.63) is 0 Å². The summed E-state index contributed by atoms with van der Waals surface area (Å²) in [5, 5.41) is 11.7. The van der Waals surface area contributed by atoms with E-state index >= 15 is 0 Å². The molecule has 0 unspecified atom stereocenters. The highest BCUT2D eigenvalue weighted by Crippen LogP contribution is 2.21. The molecule has 1 heterocycles. The van der Waals surface area contributed by atoms with E-state index in [1.54, 1.807) is 11.9 Å². The van der Waals surface area contributed by atoms with Crippen molar-refractivity contribution in [3.63, 3.8) is 0 Å². The molecule has 1 aliphatic rings. The molecule has 6 nitrogen and oxygen atoms in total. The second kappa shape index (κ2) is 9.39. The van der Waals surface area contributed by atoms with E-state index in [1.807, 2.05) is 11.8 Å². The number of carbonyl (C=O) groups is 2. The van der Waals surface area contributed by atoms with Gasteiger partial charge in [-0.25, -0.2) is 4.79 Å². The van der Waals surface area contributed by atoms with Crippen molar-refractivity contribution < 1.29 is 9.59 Å². The van der Waals surface area contributed by atoms with Gasteiger partial charge in [-0.15, -0.1) is 0 Å². The highest BCUT2D eigenvalue weighted by molar-refractivity contribution is 5.77. The van der Waals surface area contributed by atoms with Gasteiger partial charge in [0.2, 0.25) is 5.91 Å². The molecule has 1 rings (SSSR count). The summed E-state index contributed by atoms with van der Waals surface area (Å²) >= 11 is 0. The lowest BCUT2D eigenvalue weighted by molar-refractivity contribution is -0.132. The number of amides is 3. The van der Waals surface area contributed by atoms with Crippen LogP contribution in [-0.2, 0) is 4.79 Å². The van der Waals surface area contributed by atoms with Gasteiger partial charge in [-0.05, 0) is 31.6 Å². The zero-order chi connectivity index (χ0) is 17.4. The van der Waals surface area contributed by atoms with Gasteiger partial charge in [0, 0.05) is 39.1 Å². The summed E-state index contributed by atoms with van der Waals surface area (Å²) in [6.45, 7) is 8.08. The van der Waals surface area contributed by atoms with E-state index in [0.29, 0.717) is 31.8 Å². The topological polar surface area (TPSA) is 76.4 Å². The molecule has 1 N–H and O–H groups in total. The Morgan fingerprint density at radius 1 is 1.39 bits per heavy atom. The predicted molar refractivity (Wildman–Crippen MR) is 89.6 cm³/mol. The smallest absolute Gasteiger partial charge is 0.317 e. The highest BCUT2D eigenvalue weighted by atomic mass is 16.2. The summed E-state index contributed by atoms with van der Waals surface area (Å²) in [6, 6.07) is 2.00. The number of rotatable bonds is 6. The molecule has 0 radical (unpaired) electrons. The summed E-state index contributed by atoms with van der Waals surface area (Å²) < 4.78 is 0. The van der Waals surface area contributed by atoms with Gasteiger partial charge in [0.15, 0.2) is 0 Å². The minimum absolute atomic E-state index is 0.0259. The molecule has 2 atom stereocenters. The number of urea groups is 1. The van der Waals surface area contributed by atoms with Gasteiger partial charge in [0.25, 0.3) is 0 Å². The van der Waals surface area contributed by atoms with Crippen LogP contribution in [0.25, 0.3) is 0 Å². The van der Waals surface area contributed by atoms with Crippen LogP contribution in [0.15, 0.2) is 0 Å². The van der Waals surface area contributed by atoms with Crippen LogP contribution < -0.4 is 5.32 Å². The number of nitrogens with one attached hydrogen (secondary N) is 1. The molecular formula is C17H30N4O2. The van der Waals surface area contributed by atoms with Crippen LogP contribution in [0.1, 0.15) is 46.5 Å². The van der Waals surface area contributed by atoms with Gasteiger partial charge in [0.05, 0.1) is 12.5 Å². The van der Waals surface area contributed by atoms with Crippen LogP contribution in [-0.4, -0.2) is 54.5 Å². The first-order chi connectivity index (χ1) is 10.8. The first kappa shape index (κ1) is 19.3. The van der Waals surface area contributed by atoms with E-state index < -0.39 is 0 Å². The van der Waals surface area contributed by atoms with Crippen LogP contribution >= 0.6 is 0 Å². The van der Waals surface area contributed by atoms with Crippen LogP contribution in [0.3, 0.4) is 0 Å². The largest absolute Gasteiger partial charge is 0.342 e. The van der Waals surface area contributed by atoms with Gasteiger partial charge in [-0.1, -0.05) is 13.8 Å². The third-order valence-corrected chi connectivity index (χ3v) is 4.37. The lowest BCUT2D eigenvalue weighted by Crippen LogP contribution is -2.47. The lowest BCUT2D eigenvalue weighted by Gasteiger charge is -2.34. The SMILES string of the molecule is CC(C)CNC(=O)N1CCC[C@H](CC(=O)N(C)[C@@H](C)CC#N)C1. The monoisotopic (exact) mass is 322 g/mol. The Kier molecular flexibility index (Phi) is 7.87. The Balaban J connectivity index is 2.47. The van der Waals surface area contributed by atoms with Crippen LogP contribution in [0, 0.1) is 23.2 Å². The Labute approximate surface area is 139 Å². The summed E-state index contributed by atoms with van der Waals surface area (Å²) in [7, 11) is 1.75. The second-order valence-corrected chi connectivity index (χ2v) is 6.95. The lowest BCUT2D eigenvalue weighted by atomic mass is 9.94. The van der Waals surface area contributed by atoms with Gasteiger partial charge in [-0.2, -0.15) is 5.26 Å². The normalized spacial score (nSPS) is 19.1. The molecule has 1 fully saturated rings. The molecule has 0 saturated carbocycles. The molecule has 130 valence electrons. The second-order valence-electron chi connectivity index (χ2n) is 6.95. The molecular weight excluding hydrogens is 292 g/mol. The molecule has 0 aliphatic carbocycles. The summed E-state index contributed by atoms with van der Waals surface area (Å²) in [5.74, 6) is 0.691. The van der Waals surface area contributed by atoms with Crippen LogP contribution in [0.2, 0.25) is 0 Å². The maximum atomic E-state index is 12.3. The molecule has 0 bridgehead atoms. The number of piperidine rings is 1. The third kappa shape index (κ3) is 6.47. The van der Waals surface area contributed by atoms with E-state index in [2.05, 4.69) is 25.2 Å². The fourth-order valence-corrected chi connectivity index (χ4v) is 2.73. The predicted octanol–water partition coefficient (Wildman–Crippen LogP) is 2.21. The minimum atomic E-state index is -0.0680. The summed E-state index contributed by atoms with van der Waals surface area (Å²) in [4.78, 5) is 27.9. The van der Waals surface area contributed by atoms with Crippen LogP contribution in [0.5, 0.6) is 0 Å². The van der Waals surface area contributed by atoms with Gasteiger partial charge >= 0.3 is 6.03 Å². The van der Waals surface area contributed by atoms with Gasteiger partial charge in [0.1, 0.15) is 0 Å². The summed E-state index contributed by atoms with van der Waals surface area (Å²) in [6.07, 6.45) is 2.70. The quantitative estimate of drug-likeness (QED) is 0.814. The number of hydrogen-bond donors (Lipinski definition) is 1. The van der Waals surface area contributed by atoms with Crippen LogP contribution in [0.4, 0.5) is 4.79 Å². The van der Waals surface area contributed by atoms with Crippen molar-refractivity contribution in [3.8, 4) is 6.07 Å².